The summed E-state index contributed by atoms with van der Waals surface area (Å²) in [5.41, 5.74) is 0.907. The van der Waals surface area contributed by atoms with Crippen LogP contribution in [0.5, 0.6) is 5.75 Å². The summed E-state index contributed by atoms with van der Waals surface area (Å²) in [6.45, 7) is 5.22. The summed E-state index contributed by atoms with van der Waals surface area (Å²) < 4.78 is 10.9. The first-order chi connectivity index (χ1) is 13.1. The summed E-state index contributed by atoms with van der Waals surface area (Å²) in [5.74, 6) is 0.945. The van der Waals surface area contributed by atoms with E-state index in [9.17, 15) is 9.59 Å². The van der Waals surface area contributed by atoms with Crippen LogP contribution in [0, 0.1) is 0 Å². The van der Waals surface area contributed by atoms with Gasteiger partial charge in [0.15, 0.2) is 17.2 Å². The van der Waals surface area contributed by atoms with Crippen molar-refractivity contribution in [3.8, 4) is 5.75 Å². The van der Waals surface area contributed by atoms with Crippen LogP contribution in [0.2, 0.25) is 0 Å². The van der Waals surface area contributed by atoms with E-state index in [1.165, 1.54) is 13.3 Å². The van der Waals surface area contributed by atoms with Gasteiger partial charge in [-0.05, 0) is 38.4 Å². The molecular formula is C20H23N3O4. The van der Waals surface area contributed by atoms with E-state index < -0.39 is 0 Å². The molecule has 4 rings (SSSR count). The SMILES string of the molecule is CC(=O)c1cccc(OCc2cc(C(=O)N3CCN4CCC[C@@H]4C3)no2)c1. The van der Waals surface area contributed by atoms with Gasteiger partial charge in [0.1, 0.15) is 12.4 Å². The van der Waals surface area contributed by atoms with Crippen LogP contribution < -0.4 is 4.74 Å². The molecule has 1 aromatic carbocycles. The summed E-state index contributed by atoms with van der Waals surface area (Å²) >= 11 is 0. The van der Waals surface area contributed by atoms with Crippen molar-refractivity contribution in [3.05, 3.63) is 47.3 Å². The maximum Gasteiger partial charge on any atom is 0.276 e. The Bertz CT molecular complexity index is 847. The third-order valence-electron chi connectivity index (χ3n) is 5.27. The van der Waals surface area contributed by atoms with Gasteiger partial charge >= 0.3 is 0 Å². The quantitative estimate of drug-likeness (QED) is 0.753. The van der Waals surface area contributed by atoms with Gasteiger partial charge in [0.25, 0.3) is 5.91 Å². The Morgan fingerprint density at radius 1 is 1.26 bits per heavy atom. The van der Waals surface area contributed by atoms with Crippen LogP contribution in [0.25, 0.3) is 0 Å². The molecule has 0 N–H and O–H groups in total. The number of ketones is 1. The normalized spacial score (nSPS) is 19.7. The highest BCUT2D eigenvalue weighted by molar-refractivity contribution is 5.94. The number of nitrogens with zero attached hydrogens (tertiary/aromatic N) is 3. The standard InChI is InChI=1S/C20H23N3O4/c1-14(24)15-4-2-6-17(10-15)26-13-18-11-19(21-27-18)20(25)23-9-8-22-7-3-5-16(22)12-23/h2,4,6,10-11,16H,3,5,7-9,12-13H2,1H3/t16-/m1/s1. The number of benzene rings is 1. The molecule has 7 nitrogen and oxygen atoms in total. The molecule has 142 valence electrons. The van der Waals surface area contributed by atoms with Gasteiger partial charge in [0.05, 0.1) is 0 Å². The number of hydrogen-bond donors (Lipinski definition) is 0. The van der Waals surface area contributed by atoms with Crippen LogP contribution in [0.1, 0.15) is 46.4 Å². The molecular weight excluding hydrogens is 346 g/mol. The van der Waals surface area contributed by atoms with E-state index in [4.69, 9.17) is 9.26 Å². The predicted molar refractivity (Wildman–Crippen MR) is 97.8 cm³/mol. The maximum atomic E-state index is 12.7. The second kappa shape index (κ2) is 7.52. The van der Waals surface area contributed by atoms with Crippen LogP contribution in [-0.2, 0) is 6.61 Å². The number of hydrogen-bond acceptors (Lipinski definition) is 6. The molecule has 1 atom stereocenters. The number of ether oxygens (including phenoxy) is 1. The fourth-order valence-electron chi connectivity index (χ4n) is 3.78. The smallest absolute Gasteiger partial charge is 0.276 e. The molecule has 1 aromatic heterocycles. The van der Waals surface area contributed by atoms with E-state index in [0.29, 0.717) is 28.8 Å². The Balaban J connectivity index is 1.36. The van der Waals surface area contributed by atoms with Crippen molar-refractivity contribution in [2.24, 2.45) is 0 Å². The molecule has 27 heavy (non-hydrogen) atoms. The number of piperazine rings is 1. The summed E-state index contributed by atoms with van der Waals surface area (Å²) in [5, 5.41) is 3.92. The molecule has 0 unspecified atom stereocenters. The molecule has 2 aliphatic rings. The van der Waals surface area contributed by atoms with Crippen molar-refractivity contribution in [2.75, 3.05) is 26.2 Å². The van der Waals surface area contributed by atoms with Gasteiger partial charge in [-0.15, -0.1) is 0 Å². The molecule has 0 radical (unpaired) electrons. The van der Waals surface area contributed by atoms with E-state index >= 15 is 0 Å². The monoisotopic (exact) mass is 369 g/mol. The van der Waals surface area contributed by atoms with E-state index in [-0.39, 0.29) is 18.3 Å². The largest absolute Gasteiger partial charge is 0.486 e. The molecule has 2 saturated heterocycles. The van der Waals surface area contributed by atoms with Crippen molar-refractivity contribution < 1.29 is 18.8 Å². The number of fused-ring (bicyclic) bond motifs is 1. The first kappa shape index (κ1) is 17.7. The van der Waals surface area contributed by atoms with Gasteiger partial charge in [-0.25, -0.2) is 0 Å². The lowest BCUT2D eigenvalue weighted by Gasteiger charge is -2.37. The first-order valence-corrected chi connectivity index (χ1v) is 9.33. The Kier molecular flexibility index (Phi) is 4.94. The Hall–Kier alpha value is -2.67. The van der Waals surface area contributed by atoms with Crippen molar-refractivity contribution in [2.45, 2.75) is 32.4 Å². The highest BCUT2D eigenvalue weighted by atomic mass is 16.5. The molecule has 2 aromatic rings. The zero-order chi connectivity index (χ0) is 18.8. The molecule has 0 saturated carbocycles. The highest BCUT2D eigenvalue weighted by Gasteiger charge is 2.33. The van der Waals surface area contributed by atoms with Crippen LogP contribution in [0.3, 0.4) is 0 Å². The van der Waals surface area contributed by atoms with Crippen molar-refractivity contribution >= 4 is 11.7 Å². The zero-order valence-electron chi connectivity index (χ0n) is 15.4. The molecule has 2 aliphatic heterocycles. The number of carbonyl (C=O) groups excluding carboxylic acids is 2. The lowest BCUT2D eigenvalue weighted by Crippen LogP contribution is -2.52. The van der Waals surface area contributed by atoms with E-state index in [1.54, 1.807) is 30.3 Å². The first-order valence-electron chi connectivity index (χ1n) is 9.33. The second-order valence-corrected chi connectivity index (χ2v) is 7.13. The van der Waals surface area contributed by atoms with Crippen molar-refractivity contribution in [1.82, 2.24) is 15.0 Å². The van der Waals surface area contributed by atoms with E-state index in [1.807, 2.05) is 4.90 Å². The minimum Gasteiger partial charge on any atom is -0.486 e. The van der Waals surface area contributed by atoms with E-state index in [2.05, 4.69) is 10.1 Å². The highest BCUT2D eigenvalue weighted by Crippen LogP contribution is 2.23. The number of Topliss-reactive ketones (excluding diaryl/α,β-unsaturated/α-hetero) is 1. The number of aromatic nitrogens is 1. The zero-order valence-corrected chi connectivity index (χ0v) is 15.4. The lowest BCUT2D eigenvalue weighted by molar-refractivity contribution is 0.0561. The number of rotatable bonds is 5. The lowest BCUT2D eigenvalue weighted by atomic mass is 10.1. The topological polar surface area (TPSA) is 75.9 Å². The van der Waals surface area contributed by atoms with Crippen LogP contribution in [0.15, 0.2) is 34.9 Å². The Morgan fingerprint density at radius 2 is 2.15 bits per heavy atom. The molecule has 0 bridgehead atoms. The van der Waals surface area contributed by atoms with Crippen molar-refractivity contribution in [3.63, 3.8) is 0 Å². The van der Waals surface area contributed by atoms with Crippen LogP contribution in [-0.4, -0.2) is 58.9 Å². The van der Waals surface area contributed by atoms with Crippen LogP contribution >= 0.6 is 0 Å². The molecule has 2 fully saturated rings. The van der Waals surface area contributed by atoms with Gasteiger partial charge in [-0.1, -0.05) is 17.3 Å². The minimum absolute atomic E-state index is 0.0182. The Labute approximate surface area is 157 Å². The average molecular weight is 369 g/mol. The molecule has 1 amide bonds. The fourth-order valence-corrected chi connectivity index (χ4v) is 3.78. The molecule has 3 heterocycles. The van der Waals surface area contributed by atoms with Gasteiger partial charge in [-0.3, -0.25) is 14.5 Å². The summed E-state index contributed by atoms with van der Waals surface area (Å²) in [4.78, 5) is 28.5. The second-order valence-electron chi connectivity index (χ2n) is 7.13. The van der Waals surface area contributed by atoms with Gasteiger partial charge in [0.2, 0.25) is 0 Å². The average Bonchev–Trinajstić information content (AvgIpc) is 3.34. The van der Waals surface area contributed by atoms with Crippen molar-refractivity contribution in [1.29, 1.82) is 0 Å². The van der Waals surface area contributed by atoms with Gasteiger partial charge in [0, 0.05) is 37.3 Å². The maximum absolute atomic E-state index is 12.7. The Morgan fingerprint density at radius 3 is 3.00 bits per heavy atom. The minimum atomic E-state index is -0.0878. The third kappa shape index (κ3) is 3.88. The third-order valence-corrected chi connectivity index (χ3v) is 5.27. The predicted octanol–water partition coefficient (Wildman–Crippen LogP) is 2.38. The van der Waals surface area contributed by atoms with Crippen LogP contribution in [0.4, 0.5) is 0 Å². The van der Waals surface area contributed by atoms with Gasteiger partial charge in [-0.2, -0.15) is 0 Å². The van der Waals surface area contributed by atoms with E-state index in [0.717, 1.165) is 32.6 Å². The molecule has 0 aliphatic carbocycles. The number of amides is 1. The number of carbonyl (C=O) groups is 2. The fraction of sp³-hybridized carbons (Fsp3) is 0.450. The summed E-state index contributed by atoms with van der Waals surface area (Å²) in [6.07, 6.45) is 2.37. The molecule has 7 heteroatoms. The van der Waals surface area contributed by atoms with Gasteiger partial charge < -0.3 is 14.2 Å². The molecule has 0 spiro atoms. The summed E-state index contributed by atoms with van der Waals surface area (Å²) in [7, 11) is 0. The summed E-state index contributed by atoms with van der Waals surface area (Å²) in [6, 6.07) is 9.08.